The number of nitrogens with one attached hydrogen (secondary N) is 3. The van der Waals surface area contributed by atoms with E-state index in [9.17, 15) is 0 Å². The molecule has 0 spiro atoms. The van der Waals surface area contributed by atoms with E-state index in [1.54, 1.807) is 0 Å². The third kappa shape index (κ3) is 2.59. The predicted molar refractivity (Wildman–Crippen MR) is 39.5 cm³/mol. The molecule has 1 aliphatic heterocycles. The minimum absolute atomic E-state index is 0.514. The lowest BCUT2D eigenvalue weighted by atomic mass is 10.4. The van der Waals surface area contributed by atoms with E-state index in [1.807, 2.05) is 5.01 Å². The van der Waals surface area contributed by atoms with Gasteiger partial charge in [-0.3, -0.25) is 0 Å². The van der Waals surface area contributed by atoms with Crippen molar-refractivity contribution < 1.29 is 0 Å². The number of hydrogen-bond donors (Lipinski definition) is 4. The lowest BCUT2D eigenvalue weighted by Gasteiger charge is -2.24. The molecule has 5 heteroatoms. The highest BCUT2D eigenvalue weighted by Gasteiger charge is 2.01. The molecule has 0 saturated carbocycles. The van der Waals surface area contributed by atoms with E-state index < -0.39 is 0 Å². The quantitative estimate of drug-likeness (QED) is 0.349. The van der Waals surface area contributed by atoms with Crippen molar-refractivity contribution in [2.24, 2.45) is 5.73 Å². The van der Waals surface area contributed by atoms with Crippen LogP contribution in [0, 0.1) is 0 Å². The zero-order valence-corrected chi connectivity index (χ0v) is 6.06. The van der Waals surface area contributed by atoms with Crippen LogP contribution in [0.15, 0.2) is 0 Å². The van der Waals surface area contributed by atoms with Crippen molar-refractivity contribution in [1.29, 1.82) is 0 Å². The van der Waals surface area contributed by atoms with Crippen molar-refractivity contribution in [2.45, 2.75) is 6.42 Å². The first-order valence-corrected chi connectivity index (χ1v) is 3.57. The summed E-state index contributed by atoms with van der Waals surface area (Å²) in [5.74, 6) is 0. The van der Waals surface area contributed by atoms with E-state index in [0.29, 0.717) is 6.67 Å². The van der Waals surface area contributed by atoms with Gasteiger partial charge in [0.25, 0.3) is 0 Å². The van der Waals surface area contributed by atoms with Gasteiger partial charge >= 0.3 is 0 Å². The van der Waals surface area contributed by atoms with Crippen LogP contribution in [0.3, 0.4) is 0 Å². The fourth-order valence-electron chi connectivity index (χ4n) is 0.833. The average Bonchev–Trinajstić information content (AvgIpc) is 1.87. The smallest absolute Gasteiger partial charge is 0.0648 e. The summed E-state index contributed by atoms with van der Waals surface area (Å²) in [6.07, 6.45) is 1.14. The third-order valence-electron chi connectivity index (χ3n) is 1.42. The molecule has 5 N–H and O–H groups in total. The minimum Gasteiger partial charge on any atom is -0.317 e. The van der Waals surface area contributed by atoms with Gasteiger partial charge in [0.05, 0.1) is 13.3 Å². The molecule has 5 nitrogen and oxygen atoms in total. The summed E-state index contributed by atoms with van der Waals surface area (Å²) in [4.78, 5) is 0. The van der Waals surface area contributed by atoms with Crippen molar-refractivity contribution in [3.05, 3.63) is 0 Å². The molecule has 0 aliphatic carbocycles. The van der Waals surface area contributed by atoms with Crippen LogP contribution in [0.2, 0.25) is 0 Å². The summed E-state index contributed by atoms with van der Waals surface area (Å²) in [6.45, 7) is 3.33. The first-order valence-electron chi connectivity index (χ1n) is 3.57. The zero-order valence-electron chi connectivity index (χ0n) is 6.06. The molecule has 0 radical (unpaired) electrons. The maximum Gasteiger partial charge on any atom is 0.0648 e. The highest BCUT2D eigenvalue weighted by atomic mass is 15.7. The molecule has 10 heavy (non-hydrogen) atoms. The summed E-state index contributed by atoms with van der Waals surface area (Å²) in [5.41, 5.74) is 11.4. The largest absolute Gasteiger partial charge is 0.317 e. The van der Waals surface area contributed by atoms with Crippen molar-refractivity contribution in [2.75, 3.05) is 26.4 Å². The first-order chi connectivity index (χ1) is 4.93. The Morgan fingerprint density at radius 3 is 3.10 bits per heavy atom. The van der Waals surface area contributed by atoms with Gasteiger partial charge in [0.1, 0.15) is 0 Å². The van der Waals surface area contributed by atoms with E-state index in [4.69, 9.17) is 5.73 Å². The molecule has 0 bridgehead atoms. The van der Waals surface area contributed by atoms with Crippen LogP contribution < -0.4 is 22.0 Å². The highest BCUT2D eigenvalue weighted by molar-refractivity contribution is 4.52. The summed E-state index contributed by atoms with van der Waals surface area (Å²) >= 11 is 0. The van der Waals surface area contributed by atoms with E-state index in [-0.39, 0.29) is 0 Å². The second-order valence-corrected chi connectivity index (χ2v) is 2.27. The number of hydrazine groups is 2. The molecule has 0 amide bonds. The van der Waals surface area contributed by atoms with Crippen molar-refractivity contribution in [3.63, 3.8) is 0 Å². The summed E-state index contributed by atoms with van der Waals surface area (Å²) in [7, 11) is 0. The summed E-state index contributed by atoms with van der Waals surface area (Å²) in [5, 5.41) is 5.11. The number of nitrogens with two attached hydrogens (primary N) is 1. The van der Waals surface area contributed by atoms with Crippen LogP contribution in [-0.2, 0) is 0 Å². The van der Waals surface area contributed by atoms with Crippen LogP contribution in [0.1, 0.15) is 6.42 Å². The van der Waals surface area contributed by atoms with Gasteiger partial charge < -0.3 is 11.1 Å². The van der Waals surface area contributed by atoms with Gasteiger partial charge in [0.2, 0.25) is 0 Å². The molecule has 1 fully saturated rings. The van der Waals surface area contributed by atoms with Gasteiger partial charge in [-0.25, -0.2) is 10.4 Å². The average molecular weight is 145 g/mol. The van der Waals surface area contributed by atoms with E-state index in [0.717, 1.165) is 26.2 Å². The Hall–Kier alpha value is -0.200. The molecule has 0 aromatic rings. The van der Waals surface area contributed by atoms with Crippen LogP contribution in [0.4, 0.5) is 0 Å². The first kappa shape index (κ1) is 7.90. The Morgan fingerprint density at radius 2 is 2.30 bits per heavy atom. The fraction of sp³-hybridized carbons (Fsp3) is 1.00. The molecule has 0 unspecified atom stereocenters. The second kappa shape index (κ2) is 4.59. The van der Waals surface area contributed by atoms with Crippen LogP contribution in [-0.4, -0.2) is 31.4 Å². The maximum atomic E-state index is 5.41. The lowest BCUT2D eigenvalue weighted by molar-refractivity contribution is 0.132. The fourth-order valence-corrected chi connectivity index (χ4v) is 0.833. The number of hydrogen-bond acceptors (Lipinski definition) is 5. The molecule has 0 atom stereocenters. The standard InChI is InChI=1S/C5H15N5/c6-4-10-5-7-2-1-3-8-9-10/h7-9H,1-6H2. The normalized spacial score (nSPS) is 23.7. The Labute approximate surface area is 60.9 Å². The van der Waals surface area contributed by atoms with Gasteiger partial charge in [-0.1, -0.05) is 0 Å². The molecule has 0 aromatic heterocycles. The topological polar surface area (TPSA) is 65.3 Å². The molecule has 1 saturated heterocycles. The van der Waals surface area contributed by atoms with E-state index in [2.05, 4.69) is 16.3 Å². The van der Waals surface area contributed by atoms with Crippen LogP contribution in [0.5, 0.6) is 0 Å². The highest BCUT2D eigenvalue weighted by Crippen LogP contribution is 1.79. The van der Waals surface area contributed by atoms with E-state index in [1.165, 1.54) is 0 Å². The molecule has 1 rings (SSSR count). The number of nitrogens with zero attached hydrogens (tertiary/aromatic N) is 1. The van der Waals surface area contributed by atoms with Gasteiger partial charge in [0.15, 0.2) is 0 Å². The minimum atomic E-state index is 0.514. The Morgan fingerprint density at radius 1 is 1.40 bits per heavy atom. The second-order valence-electron chi connectivity index (χ2n) is 2.27. The number of rotatable bonds is 1. The van der Waals surface area contributed by atoms with E-state index >= 15 is 0 Å². The van der Waals surface area contributed by atoms with Crippen molar-refractivity contribution in [3.8, 4) is 0 Å². The monoisotopic (exact) mass is 145 g/mol. The molecule has 1 heterocycles. The van der Waals surface area contributed by atoms with Gasteiger partial charge in [0, 0.05) is 6.54 Å². The molecule has 0 aromatic carbocycles. The Kier molecular flexibility index (Phi) is 3.63. The van der Waals surface area contributed by atoms with Crippen molar-refractivity contribution >= 4 is 0 Å². The van der Waals surface area contributed by atoms with Gasteiger partial charge in [-0.05, 0) is 13.0 Å². The molecule has 60 valence electrons. The summed E-state index contributed by atoms with van der Waals surface area (Å²) < 4.78 is 0. The third-order valence-corrected chi connectivity index (χ3v) is 1.42. The lowest BCUT2D eigenvalue weighted by Crippen LogP contribution is -2.55. The Bertz CT molecular complexity index is 78.1. The molecule has 1 aliphatic rings. The van der Waals surface area contributed by atoms with Crippen LogP contribution >= 0.6 is 0 Å². The Balaban J connectivity index is 2.16. The van der Waals surface area contributed by atoms with Crippen molar-refractivity contribution in [1.82, 2.24) is 21.3 Å². The van der Waals surface area contributed by atoms with Gasteiger partial charge in [-0.2, -0.15) is 5.53 Å². The van der Waals surface area contributed by atoms with Gasteiger partial charge in [-0.15, -0.1) is 0 Å². The van der Waals surface area contributed by atoms with Crippen LogP contribution in [0.25, 0.3) is 0 Å². The predicted octanol–water partition coefficient (Wildman–Crippen LogP) is -1.84. The molecular formula is C5H15N5. The summed E-state index contributed by atoms with van der Waals surface area (Å²) in [6, 6.07) is 0. The maximum absolute atomic E-state index is 5.41. The molecular weight excluding hydrogens is 130 g/mol. The SMILES string of the molecule is NCN1CNCCCNN1. The zero-order chi connectivity index (χ0) is 7.23.